The van der Waals surface area contributed by atoms with Gasteiger partial charge in [-0.15, -0.1) is 0 Å². The number of hydrogen-bond donors (Lipinski definition) is 3. The summed E-state index contributed by atoms with van der Waals surface area (Å²) in [6.07, 6.45) is 2.77. The van der Waals surface area contributed by atoms with Gasteiger partial charge in [-0.05, 0) is 41.8 Å². The fraction of sp³-hybridized carbons (Fsp3) is 0.250. The number of aliphatic carboxylic acids is 1. The smallest absolute Gasteiger partial charge is 0.326 e. The van der Waals surface area contributed by atoms with Crippen LogP contribution < -0.4 is 15.4 Å². The Kier molecular flexibility index (Phi) is 6.97. The second-order valence-electron chi connectivity index (χ2n) is 6.30. The molecule has 28 heavy (non-hydrogen) atoms. The van der Waals surface area contributed by atoms with Crippen molar-refractivity contribution in [2.75, 3.05) is 7.11 Å². The first-order chi connectivity index (χ1) is 13.3. The van der Waals surface area contributed by atoms with E-state index in [2.05, 4.69) is 10.6 Å². The summed E-state index contributed by atoms with van der Waals surface area (Å²) >= 11 is 0. The molecular formula is C20H22N2O6. The Morgan fingerprint density at radius 2 is 1.82 bits per heavy atom. The van der Waals surface area contributed by atoms with Crippen LogP contribution in [0.3, 0.4) is 0 Å². The van der Waals surface area contributed by atoms with Gasteiger partial charge in [-0.25, -0.2) is 4.79 Å². The van der Waals surface area contributed by atoms with Gasteiger partial charge in [0, 0.05) is 0 Å². The van der Waals surface area contributed by atoms with Gasteiger partial charge in [-0.3, -0.25) is 9.59 Å². The lowest BCUT2D eigenvalue weighted by Crippen LogP contribution is -2.47. The number of hydrogen-bond acceptors (Lipinski definition) is 5. The molecule has 0 saturated carbocycles. The summed E-state index contributed by atoms with van der Waals surface area (Å²) in [6, 6.07) is 8.68. The number of carboxylic acid groups (broad SMARTS) is 1. The Labute approximate surface area is 162 Å². The maximum atomic E-state index is 12.7. The summed E-state index contributed by atoms with van der Waals surface area (Å²) in [5, 5.41) is 14.2. The van der Waals surface area contributed by atoms with E-state index >= 15 is 0 Å². The van der Waals surface area contributed by atoms with Crippen molar-refractivity contribution in [2.45, 2.75) is 19.9 Å². The van der Waals surface area contributed by atoms with E-state index in [4.69, 9.17) is 9.15 Å². The van der Waals surface area contributed by atoms with Crippen molar-refractivity contribution in [2.24, 2.45) is 5.92 Å². The minimum atomic E-state index is -1.16. The second kappa shape index (κ2) is 9.40. The molecule has 0 spiro atoms. The van der Waals surface area contributed by atoms with E-state index in [1.54, 1.807) is 44.2 Å². The lowest BCUT2D eigenvalue weighted by atomic mass is 10.0. The molecule has 3 N–H and O–H groups in total. The zero-order chi connectivity index (χ0) is 20.7. The standard InChI is InChI=1S/C20H22N2O6/c1-12(2)17(20(25)26)22-18(23)15(21-19(24)16-5-4-10-28-16)11-13-6-8-14(27-3)9-7-13/h4-12,17H,1-3H3,(H,21,24)(H,22,23)(H,25,26)/b15-11-/t17-/m0/s1. The summed E-state index contributed by atoms with van der Waals surface area (Å²) in [7, 11) is 1.53. The van der Waals surface area contributed by atoms with Gasteiger partial charge in [0.25, 0.3) is 11.8 Å². The molecular weight excluding hydrogens is 364 g/mol. The number of nitrogens with one attached hydrogen (secondary N) is 2. The highest BCUT2D eigenvalue weighted by atomic mass is 16.5. The van der Waals surface area contributed by atoms with Crippen LogP contribution in [0, 0.1) is 5.92 Å². The van der Waals surface area contributed by atoms with Crippen LogP contribution in [0.5, 0.6) is 5.75 Å². The SMILES string of the molecule is COc1ccc(/C=C(\NC(=O)c2ccco2)C(=O)N[C@H](C(=O)O)C(C)C)cc1. The number of benzene rings is 1. The Balaban J connectivity index is 2.31. The molecule has 0 saturated heterocycles. The number of carbonyl (C=O) groups excluding carboxylic acids is 2. The number of carboxylic acids is 1. The number of ether oxygens (including phenoxy) is 1. The number of amides is 2. The first kappa shape index (κ1) is 20.8. The third-order valence-corrected chi connectivity index (χ3v) is 3.88. The topological polar surface area (TPSA) is 118 Å². The molecule has 1 heterocycles. The van der Waals surface area contributed by atoms with Gasteiger partial charge in [-0.2, -0.15) is 0 Å². The highest BCUT2D eigenvalue weighted by molar-refractivity contribution is 6.05. The van der Waals surface area contributed by atoms with E-state index < -0.39 is 23.8 Å². The van der Waals surface area contributed by atoms with E-state index in [1.807, 2.05) is 0 Å². The van der Waals surface area contributed by atoms with Gasteiger partial charge in [-0.1, -0.05) is 26.0 Å². The lowest BCUT2D eigenvalue weighted by molar-refractivity contribution is -0.142. The number of rotatable bonds is 8. The highest BCUT2D eigenvalue weighted by Crippen LogP contribution is 2.14. The molecule has 1 aromatic carbocycles. The third-order valence-electron chi connectivity index (χ3n) is 3.88. The zero-order valence-corrected chi connectivity index (χ0v) is 15.8. The van der Waals surface area contributed by atoms with Gasteiger partial charge >= 0.3 is 5.97 Å². The van der Waals surface area contributed by atoms with E-state index in [-0.39, 0.29) is 17.4 Å². The first-order valence-corrected chi connectivity index (χ1v) is 8.56. The van der Waals surface area contributed by atoms with Crippen molar-refractivity contribution in [3.05, 3.63) is 59.7 Å². The van der Waals surface area contributed by atoms with Crippen molar-refractivity contribution >= 4 is 23.9 Å². The van der Waals surface area contributed by atoms with Crippen molar-refractivity contribution in [1.29, 1.82) is 0 Å². The average molecular weight is 386 g/mol. The summed E-state index contributed by atoms with van der Waals surface area (Å²) < 4.78 is 10.1. The van der Waals surface area contributed by atoms with Crippen molar-refractivity contribution < 1.29 is 28.6 Å². The van der Waals surface area contributed by atoms with Crippen molar-refractivity contribution in [1.82, 2.24) is 10.6 Å². The molecule has 0 bridgehead atoms. The van der Waals surface area contributed by atoms with E-state index in [9.17, 15) is 19.5 Å². The lowest BCUT2D eigenvalue weighted by Gasteiger charge is -2.19. The molecule has 0 aliphatic carbocycles. The van der Waals surface area contributed by atoms with Gasteiger partial charge in [0.15, 0.2) is 5.76 Å². The molecule has 0 aliphatic rings. The molecule has 0 fully saturated rings. The molecule has 1 aromatic heterocycles. The van der Waals surface area contributed by atoms with Gasteiger partial charge < -0.3 is 24.9 Å². The average Bonchev–Trinajstić information content (AvgIpc) is 3.20. The van der Waals surface area contributed by atoms with Crippen LogP contribution in [-0.4, -0.2) is 36.0 Å². The van der Waals surface area contributed by atoms with Gasteiger partial charge in [0.05, 0.1) is 13.4 Å². The molecule has 2 rings (SSSR count). The molecule has 148 valence electrons. The second-order valence-corrected chi connectivity index (χ2v) is 6.30. The van der Waals surface area contributed by atoms with Crippen molar-refractivity contribution in [3.63, 3.8) is 0 Å². The molecule has 8 nitrogen and oxygen atoms in total. The predicted molar refractivity (Wildman–Crippen MR) is 102 cm³/mol. The summed E-state index contributed by atoms with van der Waals surface area (Å²) in [5.74, 6) is -2.21. The first-order valence-electron chi connectivity index (χ1n) is 8.56. The number of carbonyl (C=O) groups is 3. The van der Waals surface area contributed by atoms with E-state index in [1.165, 1.54) is 25.5 Å². The van der Waals surface area contributed by atoms with E-state index in [0.717, 1.165) is 0 Å². The molecule has 8 heteroatoms. The van der Waals surface area contributed by atoms with Crippen LogP contribution in [0.1, 0.15) is 30.0 Å². The Morgan fingerprint density at radius 1 is 1.14 bits per heavy atom. The van der Waals surface area contributed by atoms with Crippen LogP contribution in [0.2, 0.25) is 0 Å². The third kappa shape index (κ3) is 5.47. The summed E-state index contributed by atoms with van der Waals surface area (Å²) in [6.45, 7) is 3.35. The monoisotopic (exact) mass is 386 g/mol. The Hall–Kier alpha value is -3.55. The van der Waals surface area contributed by atoms with Crippen molar-refractivity contribution in [3.8, 4) is 5.75 Å². The normalized spacial score (nSPS) is 12.4. The number of methoxy groups -OCH3 is 1. The van der Waals surface area contributed by atoms with Crippen LogP contribution in [-0.2, 0) is 9.59 Å². The molecule has 1 atom stereocenters. The Morgan fingerprint density at radius 3 is 2.32 bits per heavy atom. The molecule has 0 unspecified atom stereocenters. The fourth-order valence-corrected chi connectivity index (χ4v) is 2.35. The maximum absolute atomic E-state index is 12.7. The largest absolute Gasteiger partial charge is 0.497 e. The van der Waals surface area contributed by atoms with Gasteiger partial charge in [0.2, 0.25) is 0 Å². The quantitative estimate of drug-likeness (QED) is 0.599. The summed E-state index contributed by atoms with van der Waals surface area (Å²) in [5.41, 5.74) is 0.501. The van der Waals surface area contributed by atoms with E-state index in [0.29, 0.717) is 11.3 Å². The molecule has 2 amide bonds. The summed E-state index contributed by atoms with van der Waals surface area (Å²) in [4.78, 5) is 36.4. The van der Waals surface area contributed by atoms with Crippen LogP contribution in [0.15, 0.2) is 52.8 Å². The zero-order valence-electron chi connectivity index (χ0n) is 15.8. The molecule has 0 radical (unpaired) electrons. The fourth-order valence-electron chi connectivity index (χ4n) is 2.35. The predicted octanol–water partition coefficient (Wildman–Crippen LogP) is 2.28. The minimum Gasteiger partial charge on any atom is -0.497 e. The highest BCUT2D eigenvalue weighted by Gasteiger charge is 2.26. The molecule has 0 aliphatic heterocycles. The number of furan rings is 1. The Bertz CT molecular complexity index is 853. The minimum absolute atomic E-state index is 0.0204. The molecule has 2 aromatic rings. The van der Waals surface area contributed by atoms with Crippen LogP contribution >= 0.6 is 0 Å². The van der Waals surface area contributed by atoms with Gasteiger partial charge in [0.1, 0.15) is 17.5 Å². The maximum Gasteiger partial charge on any atom is 0.326 e. The van der Waals surface area contributed by atoms with Crippen LogP contribution in [0.25, 0.3) is 6.08 Å². The van der Waals surface area contributed by atoms with Crippen LogP contribution in [0.4, 0.5) is 0 Å².